The van der Waals surface area contributed by atoms with Crippen LogP contribution in [0.5, 0.6) is 11.5 Å². The number of fused-ring (bicyclic) bond motifs is 1. The van der Waals surface area contributed by atoms with Crippen molar-refractivity contribution in [1.29, 1.82) is 0 Å². The minimum atomic E-state index is -0.0966. The van der Waals surface area contributed by atoms with E-state index in [1.165, 1.54) is 12.8 Å². The van der Waals surface area contributed by atoms with Crippen LogP contribution in [0.2, 0.25) is 0 Å². The van der Waals surface area contributed by atoms with Crippen molar-refractivity contribution < 1.29 is 14.3 Å². The Morgan fingerprint density at radius 1 is 1.06 bits per heavy atom. The lowest BCUT2D eigenvalue weighted by atomic mass is 10.1. The lowest BCUT2D eigenvalue weighted by Crippen LogP contribution is -2.42. The summed E-state index contributed by atoms with van der Waals surface area (Å²) in [6.45, 7) is 0.568. The monoisotopic (exact) mass is 421 g/mol. The molecule has 0 saturated heterocycles. The molecular formula is C25H31N3O3. The Kier molecular flexibility index (Phi) is 6.65. The first-order chi connectivity index (χ1) is 15.2. The largest absolute Gasteiger partial charge is 0.497 e. The number of carbonyl (C=O) groups excluding carboxylic acids is 1. The van der Waals surface area contributed by atoms with Crippen LogP contribution in [-0.2, 0) is 6.54 Å². The molecule has 1 aliphatic rings. The standard InChI is InChI=1S/C25H31N3O3/c1-30-20-13-14-23(24(15-20)31-2)27-25(29)28(19-9-5-3-4-6-10-19)17-18-16-26-22-12-8-7-11-21(18)22/h7-8,11-16,19,26H,3-6,9-10,17H2,1-2H3,(H,27,29). The lowest BCUT2D eigenvalue weighted by Gasteiger charge is -2.31. The molecule has 0 aliphatic heterocycles. The molecule has 0 radical (unpaired) electrons. The van der Waals surface area contributed by atoms with Gasteiger partial charge in [0.15, 0.2) is 0 Å². The highest BCUT2D eigenvalue weighted by Crippen LogP contribution is 2.31. The van der Waals surface area contributed by atoms with Crippen LogP contribution >= 0.6 is 0 Å². The maximum Gasteiger partial charge on any atom is 0.322 e. The van der Waals surface area contributed by atoms with Crippen molar-refractivity contribution in [3.8, 4) is 11.5 Å². The molecule has 4 rings (SSSR count). The second-order valence-electron chi connectivity index (χ2n) is 8.13. The Morgan fingerprint density at radius 2 is 1.84 bits per heavy atom. The molecule has 1 aromatic heterocycles. The van der Waals surface area contributed by atoms with Crippen molar-refractivity contribution in [2.45, 2.75) is 51.1 Å². The first-order valence-electron chi connectivity index (χ1n) is 11.0. The van der Waals surface area contributed by atoms with Gasteiger partial charge in [0.25, 0.3) is 0 Å². The summed E-state index contributed by atoms with van der Waals surface area (Å²) < 4.78 is 10.8. The predicted molar refractivity (Wildman–Crippen MR) is 124 cm³/mol. The van der Waals surface area contributed by atoms with Gasteiger partial charge in [-0.25, -0.2) is 4.79 Å². The molecule has 1 heterocycles. The summed E-state index contributed by atoms with van der Waals surface area (Å²) in [7, 11) is 3.21. The first kappa shape index (κ1) is 21.1. The summed E-state index contributed by atoms with van der Waals surface area (Å²) in [5.41, 5.74) is 2.87. The Hall–Kier alpha value is -3.15. The number of hydrogen-bond acceptors (Lipinski definition) is 3. The Bertz CT molecular complexity index is 1020. The summed E-state index contributed by atoms with van der Waals surface area (Å²) in [6.07, 6.45) is 8.90. The molecule has 0 spiro atoms. The number of rotatable bonds is 6. The van der Waals surface area contributed by atoms with Gasteiger partial charge >= 0.3 is 6.03 Å². The third-order valence-electron chi connectivity index (χ3n) is 6.19. The summed E-state index contributed by atoms with van der Waals surface area (Å²) in [5, 5.41) is 4.25. The zero-order valence-electron chi connectivity index (χ0n) is 18.3. The van der Waals surface area contributed by atoms with E-state index in [-0.39, 0.29) is 12.1 Å². The van der Waals surface area contributed by atoms with Gasteiger partial charge in [-0.05, 0) is 36.6 Å². The quantitative estimate of drug-likeness (QED) is 0.484. The maximum absolute atomic E-state index is 13.5. The van der Waals surface area contributed by atoms with E-state index in [1.54, 1.807) is 20.3 Å². The van der Waals surface area contributed by atoms with Crippen LogP contribution in [0.15, 0.2) is 48.7 Å². The molecule has 6 nitrogen and oxygen atoms in total. The average Bonchev–Trinajstić information content (AvgIpc) is 3.01. The van der Waals surface area contributed by atoms with Crippen molar-refractivity contribution in [2.24, 2.45) is 0 Å². The van der Waals surface area contributed by atoms with Gasteiger partial charge in [-0.3, -0.25) is 0 Å². The van der Waals surface area contributed by atoms with Crippen LogP contribution in [0.3, 0.4) is 0 Å². The van der Waals surface area contributed by atoms with Crippen molar-refractivity contribution in [3.63, 3.8) is 0 Å². The third kappa shape index (κ3) is 4.79. The third-order valence-corrected chi connectivity index (χ3v) is 6.19. The van der Waals surface area contributed by atoms with Gasteiger partial charge in [0.1, 0.15) is 11.5 Å². The fourth-order valence-corrected chi connectivity index (χ4v) is 4.47. The fraction of sp³-hybridized carbons (Fsp3) is 0.400. The average molecular weight is 422 g/mol. The topological polar surface area (TPSA) is 66.6 Å². The summed E-state index contributed by atoms with van der Waals surface area (Å²) in [4.78, 5) is 18.9. The molecule has 1 aliphatic carbocycles. The van der Waals surface area contributed by atoms with Crippen LogP contribution < -0.4 is 14.8 Å². The molecule has 3 aromatic rings. The first-order valence-corrected chi connectivity index (χ1v) is 11.0. The second kappa shape index (κ2) is 9.77. The van der Waals surface area contributed by atoms with Gasteiger partial charge in [0, 0.05) is 35.8 Å². The summed E-state index contributed by atoms with van der Waals surface area (Å²) in [5.74, 6) is 1.27. The number of ether oxygens (including phenoxy) is 2. The number of carbonyl (C=O) groups is 1. The van der Waals surface area contributed by atoms with Gasteiger partial charge in [-0.1, -0.05) is 43.9 Å². The Balaban J connectivity index is 1.61. The Morgan fingerprint density at radius 3 is 2.58 bits per heavy atom. The molecule has 1 saturated carbocycles. The number of anilines is 1. The van der Waals surface area contributed by atoms with E-state index in [0.717, 1.165) is 42.1 Å². The van der Waals surface area contributed by atoms with Gasteiger partial charge < -0.3 is 24.7 Å². The number of methoxy groups -OCH3 is 2. The molecule has 2 aromatic carbocycles. The van der Waals surface area contributed by atoms with Crippen molar-refractivity contribution in [2.75, 3.05) is 19.5 Å². The van der Waals surface area contributed by atoms with E-state index in [4.69, 9.17) is 9.47 Å². The van der Waals surface area contributed by atoms with Crippen molar-refractivity contribution in [1.82, 2.24) is 9.88 Å². The summed E-state index contributed by atoms with van der Waals surface area (Å²) >= 11 is 0. The van der Waals surface area contributed by atoms with Crippen LogP contribution in [0, 0.1) is 0 Å². The van der Waals surface area contributed by atoms with E-state index in [2.05, 4.69) is 22.4 Å². The predicted octanol–water partition coefficient (Wildman–Crippen LogP) is 5.94. The number of amides is 2. The number of para-hydroxylation sites is 1. The zero-order chi connectivity index (χ0) is 21.6. The van der Waals surface area contributed by atoms with E-state index in [1.807, 2.05) is 35.4 Å². The number of benzene rings is 2. The molecule has 1 fully saturated rings. The van der Waals surface area contributed by atoms with E-state index >= 15 is 0 Å². The number of H-pyrrole nitrogens is 1. The number of nitrogens with zero attached hydrogens (tertiary/aromatic N) is 1. The number of urea groups is 1. The van der Waals surface area contributed by atoms with Crippen LogP contribution in [0.4, 0.5) is 10.5 Å². The molecule has 164 valence electrons. The smallest absolute Gasteiger partial charge is 0.322 e. The highest BCUT2D eigenvalue weighted by molar-refractivity contribution is 5.92. The fourth-order valence-electron chi connectivity index (χ4n) is 4.47. The van der Waals surface area contributed by atoms with Gasteiger partial charge in [-0.2, -0.15) is 0 Å². The number of aromatic amines is 1. The highest BCUT2D eigenvalue weighted by Gasteiger charge is 2.26. The molecular weight excluding hydrogens is 390 g/mol. The highest BCUT2D eigenvalue weighted by atomic mass is 16.5. The number of nitrogens with one attached hydrogen (secondary N) is 2. The van der Waals surface area contributed by atoms with Crippen molar-refractivity contribution >= 4 is 22.6 Å². The molecule has 6 heteroatoms. The van der Waals surface area contributed by atoms with Crippen molar-refractivity contribution in [3.05, 3.63) is 54.2 Å². The molecule has 2 N–H and O–H groups in total. The maximum atomic E-state index is 13.5. The van der Waals surface area contributed by atoms with E-state index < -0.39 is 0 Å². The summed E-state index contributed by atoms with van der Waals surface area (Å²) in [6, 6.07) is 13.8. The van der Waals surface area contributed by atoms with Crippen LogP contribution in [0.1, 0.15) is 44.1 Å². The minimum absolute atomic E-state index is 0.0966. The van der Waals surface area contributed by atoms with E-state index in [9.17, 15) is 4.79 Å². The molecule has 0 unspecified atom stereocenters. The Labute approximate surface area is 183 Å². The van der Waals surface area contributed by atoms with Gasteiger partial charge in [-0.15, -0.1) is 0 Å². The molecule has 31 heavy (non-hydrogen) atoms. The van der Waals surface area contributed by atoms with Gasteiger partial charge in [0.2, 0.25) is 0 Å². The zero-order valence-corrected chi connectivity index (χ0v) is 18.3. The lowest BCUT2D eigenvalue weighted by molar-refractivity contribution is 0.176. The number of hydrogen-bond donors (Lipinski definition) is 2. The van der Waals surface area contributed by atoms with Gasteiger partial charge in [0.05, 0.1) is 19.9 Å². The second-order valence-corrected chi connectivity index (χ2v) is 8.13. The molecule has 2 amide bonds. The van der Waals surface area contributed by atoms with Crippen LogP contribution in [0.25, 0.3) is 10.9 Å². The van der Waals surface area contributed by atoms with Crippen LogP contribution in [-0.4, -0.2) is 36.2 Å². The normalized spacial score (nSPS) is 14.8. The SMILES string of the molecule is COc1ccc(NC(=O)N(Cc2c[nH]c3ccccc23)C2CCCCCC2)c(OC)c1. The molecule has 0 atom stereocenters. The minimum Gasteiger partial charge on any atom is -0.497 e. The van der Waals surface area contributed by atoms with E-state index in [0.29, 0.717) is 23.7 Å². The number of aromatic nitrogens is 1. The molecule has 0 bridgehead atoms.